The second-order valence-corrected chi connectivity index (χ2v) is 13.5. The number of hydrogen-bond acceptors (Lipinski definition) is 11. The number of carbonyl (C=O) groups excluding carboxylic acids is 3. The van der Waals surface area contributed by atoms with Crippen molar-refractivity contribution >= 4 is 40.9 Å². The number of hydrogen-bond donors (Lipinski definition) is 3. The molecule has 3 fully saturated rings. The first-order valence-electron chi connectivity index (χ1n) is 17.7. The highest BCUT2D eigenvalue weighted by atomic mass is 19.3. The van der Waals surface area contributed by atoms with E-state index in [4.69, 9.17) is 4.42 Å². The first-order valence-corrected chi connectivity index (χ1v) is 17.7. The summed E-state index contributed by atoms with van der Waals surface area (Å²) in [6.07, 6.45) is 5.65. The maximum atomic E-state index is 14.1. The van der Waals surface area contributed by atoms with Gasteiger partial charge in [0.1, 0.15) is 17.9 Å². The van der Waals surface area contributed by atoms with Gasteiger partial charge in [0, 0.05) is 75.9 Å². The number of amides is 4. The quantitative estimate of drug-likeness (QED) is 0.156. The Balaban J connectivity index is 0.861. The van der Waals surface area contributed by atoms with Crippen LogP contribution in [0.25, 0.3) is 17.1 Å². The number of imide groups is 1. The molecule has 1 aliphatic carbocycles. The zero-order valence-corrected chi connectivity index (χ0v) is 29.1. The Hall–Kier alpha value is -6.23. The molecule has 1 saturated carbocycles. The molecule has 0 unspecified atom stereocenters. The van der Waals surface area contributed by atoms with Gasteiger partial charge >= 0.3 is 6.03 Å². The van der Waals surface area contributed by atoms with Crippen LogP contribution < -0.4 is 25.8 Å². The monoisotopic (exact) mass is 737 g/mol. The van der Waals surface area contributed by atoms with E-state index in [9.17, 15) is 23.2 Å². The largest absolute Gasteiger partial charge is 0.444 e. The number of benzene rings is 1. The van der Waals surface area contributed by atoms with Crippen LogP contribution in [0, 0.1) is 5.92 Å². The van der Waals surface area contributed by atoms with Crippen molar-refractivity contribution in [3.63, 3.8) is 0 Å². The number of nitrogens with one attached hydrogen (secondary N) is 3. The summed E-state index contributed by atoms with van der Waals surface area (Å²) in [6, 6.07) is 14.2. The van der Waals surface area contributed by atoms with Gasteiger partial charge < -0.3 is 20.0 Å². The van der Waals surface area contributed by atoms with Crippen molar-refractivity contribution in [3.8, 4) is 17.1 Å². The predicted octanol–water partition coefficient (Wildman–Crippen LogP) is 5.10. The Labute approximate surface area is 308 Å². The van der Waals surface area contributed by atoms with Crippen molar-refractivity contribution in [2.24, 2.45) is 5.92 Å². The predicted molar refractivity (Wildman–Crippen MR) is 195 cm³/mol. The molecular formula is C37H37F2N11O4. The molecule has 6 heterocycles. The van der Waals surface area contributed by atoms with E-state index in [1.54, 1.807) is 42.7 Å². The fraction of sp³-hybridized carbons (Fsp3) is 0.324. The van der Waals surface area contributed by atoms with Gasteiger partial charge in [0.15, 0.2) is 11.4 Å². The molecule has 0 radical (unpaired) electrons. The van der Waals surface area contributed by atoms with E-state index in [2.05, 4.69) is 45.8 Å². The van der Waals surface area contributed by atoms with Gasteiger partial charge in [-0.25, -0.2) is 33.2 Å². The molecule has 0 atom stereocenters. The highest BCUT2D eigenvalue weighted by Gasteiger charge is 2.26. The van der Waals surface area contributed by atoms with E-state index in [0.717, 1.165) is 44.0 Å². The van der Waals surface area contributed by atoms with Crippen LogP contribution in [0.2, 0.25) is 0 Å². The van der Waals surface area contributed by atoms with E-state index in [1.807, 2.05) is 18.2 Å². The number of rotatable bonds is 12. The number of pyridine rings is 2. The zero-order chi connectivity index (χ0) is 37.2. The third-order valence-corrected chi connectivity index (χ3v) is 9.61. The fourth-order valence-electron chi connectivity index (χ4n) is 6.40. The average Bonchev–Trinajstić information content (AvgIpc) is 3.70. The summed E-state index contributed by atoms with van der Waals surface area (Å²) >= 11 is 0. The summed E-state index contributed by atoms with van der Waals surface area (Å²) in [5.74, 6) is 1.06. The second-order valence-electron chi connectivity index (χ2n) is 13.5. The molecule has 278 valence electrons. The Morgan fingerprint density at radius 3 is 2.50 bits per heavy atom. The van der Waals surface area contributed by atoms with Gasteiger partial charge in [-0.05, 0) is 66.8 Å². The number of piperazine rings is 1. The van der Waals surface area contributed by atoms with E-state index >= 15 is 0 Å². The second kappa shape index (κ2) is 15.0. The molecule has 3 N–H and O–H groups in total. The lowest BCUT2D eigenvalue weighted by molar-refractivity contribution is -0.120. The van der Waals surface area contributed by atoms with Gasteiger partial charge in [-0.2, -0.15) is 5.10 Å². The lowest BCUT2D eigenvalue weighted by Gasteiger charge is -2.36. The summed E-state index contributed by atoms with van der Waals surface area (Å²) in [4.78, 5) is 55.7. The van der Waals surface area contributed by atoms with Crippen LogP contribution in [0.1, 0.15) is 47.4 Å². The molecule has 4 aromatic heterocycles. The topological polar surface area (TPSA) is 167 Å². The number of carbonyl (C=O) groups is 3. The van der Waals surface area contributed by atoms with Gasteiger partial charge in [-0.3, -0.25) is 24.7 Å². The normalized spacial score (nSPS) is 16.5. The molecule has 5 aromatic rings. The number of urea groups is 1. The molecule has 15 nitrogen and oxygen atoms in total. The van der Waals surface area contributed by atoms with Crippen LogP contribution in [-0.2, 0) is 11.3 Å². The summed E-state index contributed by atoms with van der Waals surface area (Å²) in [6.45, 7) is 5.04. The number of alkyl halides is 2. The first kappa shape index (κ1) is 34.8. The molecule has 0 spiro atoms. The first-order chi connectivity index (χ1) is 26.3. The standard InChI is InChI=1S/C37H37F2N11O4/c38-34(39)33-28(43-35(52)29-22-54-36(44-29)25-9-11-40-30(17-25)41-18-23-1-2-23)21-50(46-33)27-6-4-26(5-7-27)48-15-13-47(14-16-48)20-24-3-8-31(42-19-24)49-12-10-32(51)45-37(49)53/h3-9,11,17,19,21-23,34H,1-2,10,12-16,18,20H2,(H,40,41)(H,43,52)(H,45,51,53). The van der Waals surface area contributed by atoms with Crippen LogP contribution in [0.4, 0.5) is 36.6 Å². The molecule has 1 aromatic carbocycles. The minimum absolute atomic E-state index is 0.0655. The van der Waals surface area contributed by atoms with E-state index in [0.29, 0.717) is 41.9 Å². The molecule has 0 bridgehead atoms. The Kier molecular flexibility index (Phi) is 9.69. The highest BCUT2D eigenvalue weighted by Crippen LogP contribution is 2.30. The van der Waals surface area contributed by atoms with Crippen molar-refractivity contribution < 1.29 is 27.6 Å². The van der Waals surface area contributed by atoms with Gasteiger partial charge in [0.25, 0.3) is 12.3 Å². The van der Waals surface area contributed by atoms with E-state index < -0.39 is 24.1 Å². The smallest absolute Gasteiger partial charge is 0.329 e. The molecule has 54 heavy (non-hydrogen) atoms. The molecule has 8 rings (SSSR count). The number of nitrogens with zero attached hydrogens (tertiary/aromatic N) is 8. The Morgan fingerprint density at radius 2 is 1.78 bits per heavy atom. The maximum Gasteiger partial charge on any atom is 0.329 e. The van der Waals surface area contributed by atoms with Crippen molar-refractivity contribution in [3.05, 3.63) is 90.3 Å². The minimum atomic E-state index is -2.93. The number of aromatic nitrogens is 5. The SMILES string of the molecule is O=C1CCN(c2ccc(CN3CCN(c4ccc(-n5cc(NC(=O)c6coc(-c7ccnc(NCC8CC8)c7)n6)c(C(F)F)n5)cc4)CC3)cn2)C(=O)N1. The van der Waals surface area contributed by atoms with Crippen LogP contribution in [0.3, 0.4) is 0 Å². The zero-order valence-electron chi connectivity index (χ0n) is 29.1. The average molecular weight is 738 g/mol. The fourth-order valence-corrected chi connectivity index (χ4v) is 6.40. The summed E-state index contributed by atoms with van der Waals surface area (Å²) in [5.41, 5.74) is 2.42. The summed E-state index contributed by atoms with van der Waals surface area (Å²) in [5, 5.41) is 12.2. The lowest BCUT2D eigenvalue weighted by atomic mass is 10.2. The van der Waals surface area contributed by atoms with Crippen LogP contribution in [0.15, 0.2) is 77.8 Å². The van der Waals surface area contributed by atoms with Gasteiger partial charge in [-0.15, -0.1) is 0 Å². The summed E-state index contributed by atoms with van der Waals surface area (Å²) < 4.78 is 35.0. The number of anilines is 4. The van der Waals surface area contributed by atoms with Crippen LogP contribution >= 0.6 is 0 Å². The van der Waals surface area contributed by atoms with Crippen LogP contribution in [0.5, 0.6) is 0 Å². The van der Waals surface area contributed by atoms with Crippen molar-refractivity contribution in [1.29, 1.82) is 0 Å². The minimum Gasteiger partial charge on any atom is -0.444 e. The number of halogens is 2. The molecule has 17 heteroatoms. The third kappa shape index (κ3) is 7.90. The molecule has 4 amide bonds. The van der Waals surface area contributed by atoms with Crippen LogP contribution in [-0.4, -0.2) is 86.7 Å². The van der Waals surface area contributed by atoms with Crippen molar-refractivity contribution in [2.45, 2.75) is 32.2 Å². The highest BCUT2D eigenvalue weighted by molar-refractivity contribution is 6.05. The maximum absolute atomic E-state index is 14.1. The molecule has 3 aliphatic rings. The molecule has 2 aliphatic heterocycles. The van der Waals surface area contributed by atoms with E-state index in [1.165, 1.54) is 34.9 Å². The Morgan fingerprint density at radius 1 is 0.981 bits per heavy atom. The van der Waals surface area contributed by atoms with E-state index in [-0.39, 0.29) is 29.6 Å². The van der Waals surface area contributed by atoms with Gasteiger partial charge in [0.2, 0.25) is 11.8 Å². The third-order valence-electron chi connectivity index (χ3n) is 9.61. The molecule has 2 saturated heterocycles. The van der Waals surface area contributed by atoms with Crippen molar-refractivity contribution in [1.82, 2.24) is 34.9 Å². The van der Waals surface area contributed by atoms with Crippen molar-refractivity contribution in [2.75, 3.05) is 59.7 Å². The Bertz CT molecular complexity index is 2140. The van der Waals surface area contributed by atoms with Gasteiger partial charge in [-0.1, -0.05) is 6.07 Å². The lowest BCUT2D eigenvalue weighted by Crippen LogP contribution is -2.49. The molecular weight excluding hydrogens is 700 g/mol. The van der Waals surface area contributed by atoms with Gasteiger partial charge in [0.05, 0.1) is 17.6 Å². The number of oxazole rings is 1. The summed E-state index contributed by atoms with van der Waals surface area (Å²) in [7, 11) is 0.